The van der Waals surface area contributed by atoms with Crippen molar-refractivity contribution in [1.29, 1.82) is 0 Å². The number of para-hydroxylation sites is 1. The van der Waals surface area contributed by atoms with Gasteiger partial charge in [0.1, 0.15) is 11.6 Å². The van der Waals surface area contributed by atoms with Crippen LogP contribution in [-0.2, 0) is 30.3 Å². The van der Waals surface area contributed by atoms with Gasteiger partial charge in [-0.15, -0.1) is 0 Å². The van der Waals surface area contributed by atoms with Gasteiger partial charge in [0.05, 0.1) is 12.6 Å². The SMILES string of the molecule is CC1=C(C(N)=O)C([C@@H](C)C(=O)N[C@@H](Cc2c[nH]c3ccccc23)C(=O)N[C@@H](CC2CCCC2)C(=O)[C@@]2(C)CO2)c2ccccc21. The van der Waals surface area contributed by atoms with E-state index in [4.69, 9.17) is 10.5 Å². The second-order valence-corrected chi connectivity index (χ2v) is 13.2. The van der Waals surface area contributed by atoms with Gasteiger partial charge in [0.2, 0.25) is 17.7 Å². The Hall–Kier alpha value is -4.24. The maximum absolute atomic E-state index is 14.1. The monoisotopic (exact) mass is 610 g/mol. The topological polar surface area (TPSA) is 147 Å². The zero-order chi connectivity index (χ0) is 31.9. The molecule has 0 bridgehead atoms. The first-order chi connectivity index (χ1) is 21.6. The Balaban J connectivity index is 1.28. The lowest BCUT2D eigenvalue weighted by atomic mass is 9.83. The molecule has 1 saturated heterocycles. The van der Waals surface area contributed by atoms with E-state index in [1.807, 2.05) is 61.7 Å². The van der Waals surface area contributed by atoms with Crippen LogP contribution in [0.25, 0.3) is 16.5 Å². The first-order valence-corrected chi connectivity index (χ1v) is 16.0. The summed E-state index contributed by atoms with van der Waals surface area (Å²) in [5.41, 5.74) is 9.69. The Labute approximate surface area is 263 Å². The Morgan fingerprint density at radius 2 is 1.67 bits per heavy atom. The molecule has 5 atom stereocenters. The fraction of sp³-hybridized carbons (Fsp3) is 0.444. The number of ether oxygens (including phenoxy) is 1. The largest absolute Gasteiger partial charge is 0.366 e. The molecule has 0 spiro atoms. The molecule has 2 heterocycles. The van der Waals surface area contributed by atoms with Gasteiger partial charge in [0, 0.05) is 40.9 Å². The molecule has 3 aromatic rings. The minimum atomic E-state index is -0.968. The van der Waals surface area contributed by atoms with Crippen molar-refractivity contribution in [2.24, 2.45) is 17.6 Å². The number of carbonyl (C=O) groups is 4. The second kappa shape index (κ2) is 12.3. The van der Waals surface area contributed by atoms with Crippen LogP contribution in [0, 0.1) is 11.8 Å². The highest BCUT2D eigenvalue weighted by Crippen LogP contribution is 2.45. The summed E-state index contributed by atoms with van der Waals surface area (Å²) in [6, 6.07) is 13.7. The van der Waals surface area contributed by atoms with Crippen molar-refractivity contribution in [3.63, 3.8) is 0 Å². The Morgan fingerprint density at radius 1 is 1.00 bits per heavy atom. The number of epoxide rings is 1. The molecule has 3 aliphatic rings. The average Bonchev–Trinajstić information content (AvgIpc) is 3.35. The summed E-state index contributed by atoms with van der Waals surface area (Å²) in [5.74, 6) is -2.37. The molecule has 1 unspecified atom stereocenters. The van der Waals surface area contributed by atoms with Crippen molar-refractivity contribution in [3.05, 3.63) is 77.0 Å². The number of nitrogens with one attached hydrogen (secondary N) is 3. The number of fused-ring (bicyclic) bond motifs is 2. The Morgan fingerprint density at radius 3 is 2.38 bits per heavy atom. The molecule has 2 fully saturated rings. The predicted molar refractivity (Wildman–Crippen MR) is 172 cm³/mol. The molecule has 0 radical (unpaired) electrons. The number of ketones is 1. The summed E-state index contributed by atoms with van der Waals surface area (Å²) in [7, 11) is 0. The zero-order valence-corrected chi connectivity index (χ0v) is 26.2. The van der Waals surface area contributed by atoms with E-state index in [9.17, 15) is 19.2 Å². The number of amides is 3. The van der Waals surface area contributed by atoms with E-state index < -0.39 is 41.3 Å². The molecule has 3 amide bonds. The van der Waals surface area contributed by atoms with E-state index in [2.05, 4.69) is 15.6 Å². The quantitative estimate of drug-likeness (QED) is 0.226. The van der Waals surface area contributed by atoms with E-state index in [0.717, 1.165) is 58.8 Å². The molecule has 6 rings (SSSR count). The number of H-pyrrole nitrogens is 1. The number of benzene rings is 2. The molecule has 1 aromatic heterocycles. The minimum absolute atomic E-state index is 0.123. The third-order valence-electron chi connectivity index (χ3n) is 10.1. The summed E-state index contributed by atoms with van der Waals surface area (Å²) in [6.07, 6.45) is 6.92. The van der Waals surface area contributed by atoms with Crippen LogP contribution in [0.15, 0.2) is 60.3 Å². The highest BCUT2D eigenvalue weighted by atomic mass is 16.6. The summed E-state index contributed by atoms with van der Waals surface area (Å²) < 4.78 is 5.48. The van der Waals surface area contributed by atoms with E-state index >= 15 is 0 Å². The molecule has 1 saturated carbocycles. The Bertz CT molecular complexity index is 1680. The van der Waals surface area contributed by atoms with Gasteiger partial charge >= 0.3 is 0 Å². The first kappa shape index (κ1) is 30.8. The minimum Gasteiger partial charge on any atom is -0.366 e. The van der Waals surface area contributed by atoms with Crippen LogP contribution in [0.1, 0.15) is 75.5 Å². The number of rotatable bonds is 12. The number of aromatic nitrogens is 1. The molecule has 9 heteroatoms. The number of nitrogens with two attached hydrogens (primary N) is 1. The number of hydrogen-bond donors (Lipinski definition) is 4. The summed E-state index contributed by atoms with van der Waals surface area (Å²) >= 11 is 0. The van der Waals surface area contributed by atoms with Gasteiger partial charge in [0.15, 0.2) is 5.78 Å². The number of primary amides is 1. The molecule has 2 aromatic carbocycles. The first-order valence-electron chi connectivity index (χ1n) is 16.0. The standard InChI is InChI=1S/C36H42N4O5/c1-20-24-12-6-7-14-26(24)30(31(20)33(37)42)21(2)34(43)40-29(17-23-18-38-27-15-9-8-13-25(23)27)35(44)39-28(16-22-10-4-5-11-22)32(41)36(3)19-45-36/h6-9,12-15,18,21-22,28-30,38H,4-5,10-11,16-17,19H2,1-3H3,(H2,37,42)(H,39,44)(H,40,43)/t21-,28+,29+,30?,36-/m1/s1. The molecule has 2 aliphatic carbocycles. The number of aromatic amines is 1. The number of hydrogen-bond acceptors (Lipinski definition) is 5. The van der Waals surface area contributed by atoms with Gasteiger partial charge in [-0.3, -0.25) is 19.2 Å². The highest BCUT2D eigenvalue weighted by Gasteiger charge is 2.50. The van der Waals surface area contributed by atoms with Crippen LogP contribution < -0.4 is 16.4 Å². The average molecular weight is 611 g/mol. The van der Waals surface area contributed by atoms with Crippen molar-refractivity contribution in [2.75, 3.05) is 6.61 Å². The van der Waals surface area contributed by atoms with E-state index in [0.29, 0.717) is 24.5 Å². The fourth-order valence-corrected chi connectivity index (χ4v) is 7.39. The van der Waals surface area contributed by atoms with Gasteiger partial charge in [-0.05, 0) is 54.5 Å². The van der Waals surface area contributed by atoms with Crippen molar-refractivity contribution in [2.45, 2.75) is 82.9 Å². The van der Waals surface area contributed by atoms with Crippen molar-refractivity contribution >= 4 is 40.0 Å². The normalized spacial score (nSPS) is 23.0. The molecule has 236 valence electrons. The van der Waals surface area contributed by atoms with Crippen LogP contribution in [0.2, 0.25) is 0 Å². The van der Waals surface area contributed by atoms with Crippen LogP contribution in [0.5, 0.6) is 0 Å². The molecule has 1 aliphatic heterocycles. The lowest BCUT2D eigenvalue weighted by Gasteiger charge is -2.28. The van der Waals surface area contributed by atoms with E-state index in [1.165, 1.54) is 0 Å². The molecular weight excluding hydrogens is 568 g/mol. The van der Waals surface area contributed by atoms with Crippen LogP contribution in [0.4, 0.5) is 0 Å². The summed E-state index contributed by atoms with van der Waals surface area (Å²) in [5, 5.41) is 7.00. The number of carbonyl (C=O) groups excluding carboxylic acids is 4. The third kappa shape index (κ3) is 6.06. The lowest BCUT2D eigenvalue weighted by Crippen LogP contribution is -2.55. The third-order valence-corrected chi connectivity index (χ3v) is 10.1. The molecule has 9 nitrogen and oxygen atoms in total. The number of Topliss-reactive ketones (excluding diaryl/α,β-unsaturated/α-hetero) is 1. The molecule has 5 N–H and O–H groups in total. The number of allylic oxidation sites excluding steroid dienone is 1. The fourth-order valence-electron chi connectivity index (χ4n) is 7.39. The predicted octanol–water partition coefficient (Wildman–Crippen LogP) is 4.31. The van der Waals surface area contributed by atoms with Gasteiger partial charge in [0.25, 0.3) is 0 Å². The zero-order valence-electron chi connectivity index (χ0n) is 26.2. The van der Waals surface area contributed by atoms with E-state index in [1.54, 1.807) is 13.8 Å². The van der Waals surface area contributed by atoms with Crippen molar-refractivity contribution in [1.82, 2.24) is 15.6 Å². The van der Waals surface area contributed by atoms with Crippen LogP contribution >= 0.6 is 0 Å². The molecular formula is C36H42N4O5. The lowest BCUT2D eigenvalue weighted by molar-refractivity contribution is -0.134. The maximum Gasteiger partial charge on any atom is 0.245 e. The van der Waals surface area contributed by atoms with Crippen LogP contribution in [-0.4, -0.2) is 52.8 Å². The maximum atomic E-state index is 14.1. The molecule has 45 heavy (non-hydrogen) atoms. The summed E-state index contributed by atoms with van der Waals surface area (Å²) in [4.78, 5) is 57.6. The summed E-state index contributed by atoms with van der Waals surface area (Å²) in [6.45, 7) is 5.72. The highest BCUT2D eigenvalue weighted by molar-refractivity contribution is 6.05. The smallest absolute Gasteiger partial charge is 0.245 e. The van der Waals surface area contributed by atoms with Crippen molar-refractivity contribution < 1.29 is 23.9 Å². The van der Waals surface area contributed by atoms with Gasteiger partial charge in [-0.2, -0.15) is 0 Å². The van der Waals surface area contributed by atoms with Gasteiger partial charge in [-0.25, -0.2) is 0 Å². The van der Waals surface area contributed by atoms with Gasteiger partial charge < -0.3 is 26.1 Å². The van der Waals surface area contributed by atoms with Crippen LogP contribution in [0.3, 0.4) is 0 Å². The Kier molecular flexibility index (Phi) is 8.39. The van der Waals surface area contributed by atoms with E-state index in [-0.39, 0.29) is 18.1 Å². The second-order valence-electron chi connectivity index (χ2n) is 13.2. The van der Waals surface area contributed by atoms with Gasteiger partial charge in [-0.1, -0.05) is 75.1 Å². The van der Waals surface area contributed by atoms with Crippen molar-refractivity contribution in [3.8, 4) is 0 Å².